The SMILES string of the molecule is C#CCOC1C(OP=O)[C@@H](CO)O[C@H]1n1cnc2c(N)ncnc21. The van der Waals surface area contributed by atoms with Gasteiger partial charge in [-0.05, 0) is 0 Å². The van der Waals surface area contributed by atoms with Gasteiger partial charge in [0.25, 0.3) is 0 Å². The van der Waals surface area contributed by atoms with Crippen LogP contribution in [0.25, 0.3) is 11.2 Å². The van der Waals surface area contributed by atoms with Crippen LogP contribution in [0.1, 0.15) is 6.23 Å². The van der Waals surface area contributed by atoms with E-state index in [1.54, 1.807) is 4.57 Å². The molecule has 10 nitrogen and oxygen atoms in total. The Balaban J connectivity index is 2.01. The third-order valence-electron chi connectivity index (χ3n) is 3.65. The second-order valence-electron chi connectivity index (χ2n) is 4.95. The van der Waals surface area contributed by atoms with Crippen molar-refractivity contribution < 1.29 is 23.7 Å². The van der Waals surface area contributed by atoms with Gasteiger partial charge in [0.05, 0.1) is 12.9 Å². The van der Waals surface area contributed by atoms with E-state index < -0.39 is 33.2 Å². The molecule has 126 valence electrons. The molecule has 0 bridgehead atoms. The second kappa shape index (κ2) is 7.17. The minimum Gasteiger partial charge on any atom is -0.394 e. The van der Waals surface area contributed by atoms with Crippen LogP contribution in [0, 0.1) is 12.3 Å². The normalized spacial score (nSPS) is 26.8. The molecule has 2 aromatic rings. The Hall–Kier alpha value is -2.15. The lowest BCUT2D eigenvalue weighted by molar-refractivity contribution is -0.0634. The van der Waals surface area contributed by atoms with Gasteiger partial charge in [-0.1, -0.05) is 5.92 Å². The fourth-order valence-electron chi connectivity index (χ4n) is 2.63. The first-order chi connectivity index (χ1) is 11.7. The Labute approximate surface area is 138 Å². The van der Waals surface area contributed by atoms with Crippen molar-refractivity contribution in [3.05, 3.63) is 12.7 Å². The summed E-state index contributed by atoms with van der Waals surface area (Å²) >= 11 is 0. The highest BCUT2D eigenvalue weighted by Gasteiger charge is 2.48. The summed E-state index contributed by atoms with van der Waals surface area (Å²) in [5.41, 5.74) is 6.61. The Kier molecular flexibility index (Phi) is 4.99. The van der Waals surface area contributed by atoms with Crippen LogP contribution in [-0.4, -0.2) is 56.2 Å². The molecule has 0 radical (unpaired) electrons. The van der Waals surface area contributed by atoms with E-state index in [1.807, 2.05) is 0 Å². The van der Waals surface area contributed by atoms with Crippen LogP contribution in [0.15, 0.2) is 12.7 Å². The predicted octanol–water partition coefficient (Wildman–Crippen LogP) is -0.0915. The quantitative estimate of drug-likeness (QED) is 0.540. The minimum atomic E-state index is -0.788. The summed E-state index contributed by atoms with van der Waals surface area (Å²) in [7, 11) is -0.560. The maximum absolute atomic E-state index is 10.9. The monoisotopic (exact) mass is 351 g/mol. The highest BCUT2D eigenvalue weighted by molar-refractivity contribution is 7.17. The average molecular weight is 351 g/mol. The molecular formula is C13H14N5O5P. The summed E-state index contributed by atoms with van der Waals surface area (Å²) in [6.07, 6.45) is 5.00. The van der Waals surface area contributed by atoms with Crippen molar-refractivity contribution in [2.24, 2.45) is 0 Å². The second-order valence-corrected chi connectivity index (χ2v) is 5.31. The largest absolute Gasteiger partial charge is 0.394 e. The van der Waals surface area contributed by atoms with Gasteiger partial charge in [0.1, 0.15) is 36.8 Å². The summed E-state index contributed by atoms with van der Waals surface area (Å²) in [5.74, 6) is 2.58. The van der Waals surface area contributed by atoms with Gasteiger partial charge in [-0.15, -0.1) is 6.42 Å². The topological polar surface area (TPSA) is 135 Å². The number of fused-ring (bicyclic) bond motifs is 1. The molecule has 2 aromatic heterocycles. The van der Waals surface area contributed by atoms with E-state index in [0.717, 1.165) is 0 Å². The number of rotatable bonds is 6. The first kappa shape index (κ1) is 16.7. The van der Waals surface area contributed by atoms with Gasteiger partial charge in [0, 0.05) is 0 Å². The molecule has 0 spiro atoms. The van der Waals surface area contributed by atoms with Crippen LogP contribution in [0.2, 0.25) is 0 Å². The fraction of sp³-hybridized carbons (Fsp3) is 0.462. The van der Waals surface area contributed by atoms with E-state index in [-0.39, 0.29) is 19.0 Å². The standard InChI is InChI=1S/C13H14N5O5P/c1-2-3-21-10-9(23-24-20)7(4-19)22-13(10)18-6-17-8-11(14)15-5-16-12(8)18/h1,5-7,9-10,13,19H,3-4H2,(H2,14,15,16)/t7-,9?,10?,13-/m1/s1. The molecular weight excluding hydrogens is 337 g/mol. The zero-order chi connectivity index (χ0) is 17.1. The maximum atomic E-state index is 10.9. The van der Waals surface area contributed by atoms with Crippen LogP contribution in [-0.2, 0) is 18.6 Å². The summed E-state index contributed by atoms with van der Waals surface area (Å²) in [6, 6.07) is 0. The van der Waals surface area contributed by atoms with E-state index in [1.165, 1.54) is 12.7 Å². The van der Waals surface area contributed by atoms with Crippen molar-refractivity contribution in [1.29, 1.82) is 0 Å². The summed E-state index contributed by atoms with van der Waals surface area (Å²) in [5, 5.41) is 9.50. The molecule has 11 heteroatoms. The number of imidazole rings is 1. The lowest BCUT2D eigenvalue weighted by atomic mass is 10.1. The van der Waals surface area contributed by atoms with Gasteiger partial charge in [0.15, 0.2) is 17.7 Å². The molecule has 2 unspecified atom stereocenters. The number of nitrogen functional groups attached to an aromatic ring is 1. The summed E-state index contributed by atoms with van der Waals surface area (Å²) < 4.78 is 29.0. The summed E-state index contributed by atoms with van der Waals surface area (Å²) in [4.78, 5) is 12.2. The van der Waals surface area contributed by atoms with E-state index in [2.05, 4.69) is 20.9 Å². The third-order valence-corrected chi connectivity index (χ3v) is 3.98. The van der Waals surface area contributed by atoms with Gasteiger partial charge in [-0.3, -0.25) is 9.09 Å². The molecule has 0 saturated carbocycles. The molecule has 24 heavy (non-hydrogen) atoms. The third kappa shape index (κ3) is 2.84. The van der Waals surface area contributed by atoms with Crippen LogP contribution < -0.4 is 5.73 Å². The molecule has 3 rings (SSSR count). The van der Waals surface area contributed by atoms with Crippen LogP contribution >= 0.6 is 8.69 Å². The van der Waals surface area contributed by atoms with Crippen LogP contribution in [0.3, 0.4) is 0 Å². The Morgan fingerprint density at radius 1 is 1.46 bits per heavy atom. The van der Waals surface area contributed by atoms with Gasteiger partial charge in [-0.2, -0.15) is 0 Å². The van der Waals surface area contributed by atoms with Crippen molar-refractivity contribution in [3.8, 4) is 12.3 Å². The molecule has 1 saturated heterocycles. The molecule has 1 aliphatic heterocycles. The van der Waals surface area contributed by atoms with Gasteiger partial charge >= 0.3 is 8.69 Å². The number of ether oxygens (including phenoxy) is 2. The number of anilines is 1. The number of aromatic nitrogens is 4. The van der Waals surface area contributed by atoms with Crippen LogP contribution in [0.5, 0.6) is 0 Å². The zero-order valence-electron chi connectivity index (χ0n) is 12.3. The molecule has 3 heterocycles. The molecule has 4 atom stereocenters. The Bertz CT molecular complexity index is 778. The smallest absolute Gasteiger partial charge is 0.327 e. The first-order valence-electron chi connectivity index (χ1n) is 6.94. The van der Waals surface area contributed by atoms with E-state index in [4.69, 9.17) is 26.2 Å². The fourth-order valence-corrected chi connectivity index (χ4v) is 2.99. The highest BCUT2D eigenvalue weighted by Crippen LogP contribution is 2.36. The van der Waals surface area contributed by atoms with Crippen molar-refractivity contribution in [3.63, 3.8) is 0 Å². The molecule has 1 fully saturated rings. The maximum Gasteiger partial charge on any atom is 0.327 e. The Morgan fingerprint density at radius 2 is 2.29 bits per heavy atom. The number of terminal acetylenes is 1. The van der Waals surface area contributed by atoms with Gasteiger partial charge in [0.2, 0.25) is 0 Å². The van der Waals surface area contributed by atoms with Crippen molar-refractivity contribution in [2.45, 2.75) is 24.5 Å². The van der Waals surface area contributed by atoms with Gasteiger partial charge < -0.3 is 20.3 Å². The van der Waals surface area contributed by atoms with E-state index >= 15 is 0 Å². The molecule has 0 aliphatic carbocycles. The average Bonchev–Trinajstić information content (AvgIpc) is 3.15. The number of nitrogens with two attached hydrogens (primary N) is 1. The molecule has 0 aromatic carbocycles. The summed E-state index contributed by atoms with van der Waals surface area (Å²) in [6.45, 7) is -0.363. The lowest BCUT2D eigenvalue weighted by Gasteiger charge is -2.22. The predicted molar refractivity (Wildman–Crippen MR) is 81.8 cm³/mol. The molecule has 0 amide bonds. The van der Waals surface area contributed by atoms with Gasteiger partial charge in [-0.25, -0.2) is 19.5 Å². The van der Waals surface area contributed by atoms with Crippen molar-refractivity contribution >= 4 is 25.7 Å². The molecule has 1 aliphatic rings. The minimum absolute atomic E-state index is 0.0119. The van der Waals surface area contributed by atoms with E-state index in [9.17, 15) is 9.67 Å². The number of aliphatic hydroxyl groups is 1. The first-order valence-corrected chi connectivity index (χ1v) is 7.67. The highest BCUT2D eigenvalue weighted by atomic mass is 31.1. The lowest BCUT2D eigenvalue weighted by Crippen LogP contribution is -2.36. The van der Waals surface area contributed by atoms with Crippen molar-refractivity contribution in [2.75, 3.05) is 18.9 Å². The van der Waals surface area contributed by atoms with Crippen molar-refractivity contribution in [1.82, 2.24) is 19.5 Å². The number of aliphatic hydroxyl groups excluding tert-OH is 1. The Morgan fingerprint density at radius 3 is 3.00 bits per heavy atom. The number of nitrogens with zero attached hydrogens (tertiary/aromatic N) is 4. The number of hydrogen-bond donors (Lipinski definition) is 2. The zero-order valence-corrected chi connectivity index (χ0v) is 13.2. The van der Waals surface area contributed by atoms with E-state index in [0.29, 0.717) is 11.2 Å². The number of hydrogen-bond acceptors (Lipinski definition) is 9. The molecule has 3 N–H and O–H groups in total. The van der Waals surface area contributed by atoms with Crippen LogP contribution in [0.4, 0.5) is 5.82 Å².